The van der Waals surface area contributed by atoms with Gasteiger partial charge in [-0.2, -0.15) is 0 Å². The number of rotatable bonds is 1. The van der Waals surface area contributed by atoms with Gasteiger partial charge < -0.3 is 0 Å². The van der Waals surface area contributed by atoms with Crippen LogP contribution in [0.3, 0.4) is 0 Å². The van der Waals surface area contributed by atoms with Gasteiger partial charge in [-0.3, -0.25) is 0 Å². The summed E-state index contributed by atoms with van der Waals surface area (Å²) in [4.78, 5) is 6.56. The number of aromatic nitrogens is 1. The maximum atomic E-state index is 8.56. The van der Waals surface area contributed by atoms with Crippen LogP contribution in [0.5, 0.6) is 0 Å². The molecule has 0 aliphatic carbocycles. The molecule has 0 fully saturated rings. The van der Waals surface area contributed by atoms with Crippen LogP contribution in [0.2, 0.25) is 0 Å². The number of aryl methyl sites for hydroxylation is 1. The number of hydrogen-bond acceptors (Lipinski definition) is 3. The van der Waals surface area contributed by atoms with Gasteiger partial charge >= 0.3 is 86.3 Å². The third kappa shape index (κ3) is 1.73. The minimum absolute atomic E-state index is 0.0495. The molecule has 0 aliphatic rings. The average molecular weight is 253 g/mol. The van der Waals surface area contributed by atoms with E-state index in [1.807, 2.05) is 19.1 Å². The van der Waals surface area contributed by atoms with Gasteiger partial charge in [0.15, 0.2) is 0 Å². The number of benzene rings is 1. The van der Waals surface area contributed by atoms with Crippen molar-refractivity contribution in [2.75, 3.05) is 0 Å². The average Bonchev–Trinajstić information content (AvgIpc) is 2.44. The molecule has 2 aromatic rings. The van der Waals surface area contributed by atoms with E-state index in [1.165, 1.54) is 4.70 Å². The molecule has 0 aliphatic heterocycles. The zero-order valence-electron chi connectivity index (χ0n) is 6.94. The fourth-order valence-corrected chi connectivity index (χ4v) is 3.05. The maximum absolute atomic E-state index is 8.56. The molecule has 64 valence electrons. The molecular formula is C9H6N2SSe. The van der Waals surface area contributed by atoms with Crippen molar-refractivity contribution in [1.82, 2.24) is 4.98 Å². The number of fused-ring (bicyclic) bond motifs is 1. The Kier molecular flexibility index (Phi) is 2.32. The summed E-state index contributed by atoms with van der Waals surface area (Å²) in [5.74, 6) is 0. The van der Waals surface area contributed by atoms with E-state index >= 15 is 0 Å². The summed E-state index contributed by atoms with van der Waals surface area (Å²) in [6.07, 6.45) is 0. The monoisotopic (exact) mass is 254 g/mol. The Hall–Kier alpha value is -0.881. The van der Waals surface area contributed by atoms with E-state index in [1.54, 1.807) is 11.3 Å². The Morgan fingerprint density at radius 2 is 2.38 bits per heavy atom. The molecule has 0 saturated carbocycles. The Labute approximate surface area is 86.4 Å². The fourth-order valence-electron chi connectivity index (χ4n) is 1.14. The summed E-state index contributed by atoms with van der Waals surface area (Å²) in [5, 5.41) is 9.64. The van der Waals surface area contributed by atoms with E-state index in [0.717, 1.165) is 15.0 Å². The zero-order chi connectivity index (χ0) is 9.26. The molecule has 2 rings (SSSR count). The van der Waals surface area contributed by atoms with Crippen molar-refractivity contribution in [2.24, 2.45) is 0 Å². The van der Waals surface area contributed by atoms with E-state index in [2.05, 4.69) is 16.0 Å². The standard InChI is InChI=1S/C9H6N2SSe/c1-6-11-8-3-2-7(13-5-10)4-9(8)12-6/h2-4H,1H3. The van der Waals surface area contributed by atoms with Crippen LogP contribution in [0.1, 0.15) is 5.01 Å². The molecule has 0 bridgehead atoms. The Morgan fingerprint density at radius 3 is 3.15 bits per heavy atom. The quantitative estimate of drug-likeness (QED) is 0.720. The minimum atomic E-state index is -0.0495. The first-order valence-corrected chi connectivity index (χ1v) is 6.25. The molecule has 1 aromatic carbocycles. The third-order valence-electron chi connectivity index (χ3n) is 1.63. The second kappa shape index (κ2) is 3.47. The Bertz CT molecular complexity index is 484. The summed E-state index contributed by atoms with van der Waals surface area (Å²) in [7, 11) is 0. The Morgan fingerprint density at radius 1 is 1.54 bits per heavy atom. The van der Waals surface area contributed by atoms with Crippen molar-refractivity contribution in [2.45, 2.75) is 6.92 Å². The number of nitrogens with zero attached hydrogens (tertiary/aromatic N) is 2. The van der Waals surface area contributed by atoms with Gasteiger partial charge in [0.05, 0.1) is 0 Å². The first kappa shape index (κ1) is 8.71. The molecule has 0 spiro atoms. The van der Waals surface area contributed by atoms with Crippen molar-refractivity contribution in [3.05, 3.63) is 23.2 Å². The summed E-state index contributed by atoms with van der Waals surface area (Å²) >= 11 is 1.63. The number of hydrogen-bond donors (Lipinski definition) is 0. The van der Waals surface area contributed by atoms with Gasteiger partial charge in [0, 0.05) is 0 Å². The molecule has 0 saturated heterocycles. The van der Waals surface area contributed by atoms with E-state index in [0.29, 0.717) is 0 Å². The summed E-state index contributed by atoms with van der Waals surface area (Å²) in [6, 6.07) is 6.06. The molecule has 0 N–H and O–H groups in total. The molecule has 0 atom stereocenters. The van der Waals surface area contributed by atoms with Crippen LogP contribution in [-0.2, 0) is 0 Å². The predicted molar refractivity (Wildman–Crippen MR) is 55.4 cm³/mol. The van der Waals surface area contributed by atoms with Gasteiger partial charge in [0.25, 0.3) is 0 Å². The van der Waals surface area contributed by atoms with Gasteiger partial charge in [-0.05, 0) is 0 Å². The molecule has 2 nitrogen and oxygen atoms in total. The fraction of sp³-hybridized carbons (Fsp3) is 0.111. The van der Waals surface area contributed by atoms with Crippen LogP contribution in [0.25, 0.3) is 10.2 Å². The van der Waals surface area contributed by atoms with Crippen LogP contribution in [0.15, 0.2) is 18.2 Å². The van der Waals surface area contributed by atoms with Crippen molar-refractivity contribution < 1.29 is 0 Å². The third-order valence-corrected chi connectivity index (χ3v) is 3.78. The van der Waals surface area contributed by atoms with Gasteiger partial charge in [-0.25, -0.2) is 0 Å². The first-order valence-electron chi connectivity index (χ1n) is 3.73. The summed E-state index contributed by atoms with van der Waals surface area (Å²) in [5.41, 5.74) is 1.04. The summed E-state index contributed by atoms with van der Waals surface area (Å²) < 4.78 is 2.32. The van der Waals surface area contributed by atoms with Crippen LogP contribution in [0, 0.1) is 17.2 Å². The van der Waals surface area contributed by atoms with Gasteiger partial charge in [0.2, 0.25) is 0 Å². The van der Waals surface area contributed by atoms with Gasteiger partial charge in [-0.1, -0.05) is 0 Å². The molecule has 0 radical (unpaired) electrons. The van der Waals surface area contributed by atoms with Crippen LogP contribution in [0.4, 0.5) is 0 Å². The second-order valence-corrected chi connectivity index (χ2v) is 5.59. The number of nitriles is 1. The first-order chi connectivity index (χ1) is 6.29. The molecule has 0 amide bonds. The van der Waals surface area contributed by atoms with E-state index in [9.17, 15) is 0 Å². The van der Waals surface area contributed by atoms with E-state index in [4.69, 9.17) is 5.26 Å². The van der Waals surface area contributed by atoms with Crippen LogP contribution < -0.4 is 4.46 Å². The van der Waals surface area contributed by atoms with E-state index < -0.39 is 0 Å². The van der Waals surface area contributed by atoms with Crippen LogP contribution in [-0.4, -0.2) is 19.9 Å². The SMILES string of the molecule is Cc1nc2ccc([Se]C#N)cc2s1. The topological polar surface area (TPSA) is 36.7 Å². The van der Waals surface area contributed by atoms with Crippen molar-refractivity contribution in [3.63, 3.8) is 0 Å². The molecule has 4 heteroatoms. The molecule has 13 heavy (non-hydrogen) atoms. The Balaban J connectivity index is 2.56. The molecule has 1 heterocycles. The summed E-state index contributed by atoms with van der Waals surface area (Å²) in [6.45, 7) is 2.00. The van der Waals surface area contributed by atoms with Crippen LogP contribution >= 0.6 is 11.3 Å². The predicted octanol–water partition coefficient (Wildman–Crippen LogP) is 1.42. The van der Waals surface area contributed by atoms with Gasteiger partial charge in [-0.15, -0.1) is 0 Å². The van der Waals surface area contributed by atoms with Crippen molar-refractivity contribution in [3.8, 4) is 4.97 Å². The molecular weight excluding hydrogens is 247 g/mol. The number of thiazole rings is 1. The molecule has 0 unspecified atom stereocenters. The van der Waals surface area contributed by atoms with E-state index in [-0.39, 0.29) is 15.0 Å². The van der Waals surface area contributed by atoms with Gasteiger partial charge in [0.1, 0.15) is 0 Å². The molecule has 1 aromatic heterocycles. The zero-order valence-corrected chi connectivity index (χ0v) is 9.47. The normalized spacial score (nSPS) is 10.2. The second-order valence-electron chi connectivity index (χ2n) is 2.56. The van der Waals surface area contributed by atoms with Crippen molar-refractivity contribution >= 4 is 41.0 Å². The van der Waals surface area contributed by atoms with Crippen molar-refractivity contribution in [1.29, 1.82) is 5.26 Å².